The molecule has 0 radical (unpaired) electrons. The maximum Gasteiger partial charge on any atom is 0.0592 e. The summed E-state index contributed by atoms with van der Waals surface area (Å²) < 4.78 is 5.38. The zero-order valence-electron chi connectivity index (χ0n) is 9.05. The van der Waals surface area contributed by atoms with Crippen LogP contribution >= 0.6 is 0 Å². The van der Waals surface area contributed by atoms with Crippen molar-refractivity contribution in [2.45, 2.75) is 46.1 Å². The first-order chi connectivity index (χ1) is 6.00. The van der Waals surface area contributed by atoms with E-state index in [1.165, 1.54) is 6.42 Å². The maximum absolute atomic E-state index is 9.88. The largest absolute Gasteiger partial charge is 0.393 e. The summed E-state index contributed by atoms with van der Waals surface area (Å²) in [6.07, 6.45) is 3.07. The van der Waals surface area contributed by atoms with Gasteiger partial charge in [0.15, 0.2) is 0 Å². The van der Waals surface area contributed by atoms with Crippen LogP contribution in [0.5, 0.6) is 0 Å². The van der Waals surface area contributed by atoms with Crippen LogP contribution in [0.15, 0.2) is 0 Å². The van der Waals surface area contributed by atoms with Crippen molar-refractivity contribution in [2.24, 2.45) is 11.3 Å². The topological polar surface area (TPSA) is 29.5 Å². The summed E-state index contributed by atoms with van der Waals surface area (Å²) >= 11 is 0. The van der Waals surface area contributed by atoms with Gasteiger partial charge in [-0.05, 0) is 30.6 Å². The van der Waals surface area contributed by atoms with E-state index in [1.54, 1.807) is 0 Å². The summed E-state index contributed by atoms with van der Waals surface area (Å²) in [6.45, 7) is 8.00. The van der Waals surface area contributed by atoms with Crippen LogP contribution in [0, 0.1) is 11.3 Å². The lowest BCUT2D eigenvalue weighted by molar-refractivity contribution is -0.00288. The number of rotatable bonds is 2. The molecule has 0 aliphatic carbocycles. The first-order valence-corrected chi connectivity index (χ1v) is 5.26. The van der Waals surface area contributed by atoms with E-state index in [-0.39, 0.29) is 11.5 Å². The van der Waals surface area contributed by atoms with Crippen LogP contribution in [0.1, 0.15) is 40.0 Å². The van der Waals surface area contributed by atoms with Gasteiger partial charge < -0.3 is 9.84 Å². The summed E-state index contributed by atoms with van der Waals surface area (Å²) in [5.41, 5.74) is 0.0114. The molecule has 1 fully saturated rings. The van der Waals surface area contributed by atoms with Gasteiger partial charge in [-0.15, -0.1) is 0 Å². The predicted molar refractivity (Wildman–Crippen MR) is 53.6 cm³/mol. The van der Waals surface area contributed by atoms with Gasteiger partial charge in [-0.3, -0.25) is 0 Å². The molecule has 2 unspecified atom stereocenters. The van der Waals surface area contributed by atoms with Crippen LogP contribution in [-0.4, -0.2) is 24.4 Å². The van der Waals surface area contributed by atoms with Gasteiger partial charge in [-0.1, -0.05) is 20.8 Å². The minimum atomic E-state index is -0.195. The van der Waals surface area contributed by atoms with Crippen molar-refractivity contribution < 1.29 is 9.84 Å². The van der Waals surface area contributed by atoms with E-state index in [9.17, 15) is 5.11 Å². The molecule has 1 saturated heterocycles. The van der Waals surface area contributed by atoms with Gasteiger partial charge in [0.25, 0.3) is 0 Å². The molecule has 2 nitrogen and oxygen atoms in total. The highest BCUT2D eigenvalue weighted by molar-refractivity contribution is 4.76. The Morgan fingerprint density at radius 2 is 2.15 bits per heavy atom. The lowest BCUT2D eigenvalue weighted by Crippen LogP contribution is -2.31. The van der Waals surface area contributed by atoms with Crippen molar-refractivity contribution in [3.63, 3.8) is 0 Å². The van der Waals surface area contributed by atoms with Gasteiger partial charge in [0.05, 0.1) is 6.10 Å². The second-order valence-corrected chi connectivity index (χ2v) is 5.20. The standard InChI is InChI=1S/C11H22O2/c1-11(2,3)10(12)7-9-5-4-6-13-8-9/h9-10,12H,4-8H2,1-3H3. The Hall–Kier alpha value is -0.0800. The molecule has 2 heteroatoms. The fourth-order valence-corrected chi connectivity index (χ4v) is 1.66. The summed E-state index contributed by atoms with van der Waals surface area (Å²) in [5.74, 6) is 0.572. The number of ether oxygens (including phenoxy) is 1. The van der Waals surface area contributed by atoms with Gasteiger partial charge in [0.1, 0.15) is 0 Å². The Kier molecular flexibility index (Phi) is 3.74. The van der Waals surface area contributed by atoms with E-state index >= 15 is 0 Å². The quantitative estimate of drug-likeness (QED) is 0.716. The van der Waals surface area contributed by atoms with Crippen molar-refractivity contribution in [3.8, 4) is 0 Å². The van der Waals surface area contributed by atoms with E-state index in [2.05, 4.69) is 20.8 Å². The third kappa shape index (κ3) is 3.65. The Balaban J connectivity index is 2.30. The zero-order chi connectivity index (χ0) is 9.90. The number of hydrogen-bond acceptors (Lipinski definition) is 2. The fourth-order valence-electron chi connectivity index (χ4n) is 1.66. The Morgan fingerprint density at radius 3 is 2.62 bits per heavy atom. The maximum atomic E-state index is 9.88. The molecule has 1 rings (SSSR count). The number of hydrogen-bond donors (Lipinski definition) is 1. The molecule has 1 heterocycles. The first-order valence-electron chi connectivity index (χ1n) is 5.26. The highest BCUT2D eigenvalue weighted by Gasteiger charge is 2.26. The molecule has 2 atom stereocenters. The highest BCUT2D eigenvalue weighted by atomic mass is 16.5. The Morgan fingerprint density at radius 1 is 1.46 bits per heavy atom. The minimum absolute atomic E-state index is 0.0114. The molecule has 1 aliphatic heterocycles. The normalized spacial score (nSPS) is 27.2. The second-order valence-electron chi connectivity index (χ2n) is 5.20. The third-order valence-electron chi connectivity index (χ3n) is 2.81. The highest BCUT2D eigenvalue weighted by Crippen LogP contribution is 2.27. The van der Waals surface area contributed by atoms with Crippen LogP contribution in [-0.2, 0) is 4.74 Å². The van der Waals surface area contributed by atoms with E-state index in [0.717, 1.165) is 26.1 Å². The molecule has 0 spiro atoms. The fraction of sp³-hybridized carbons (Fsp3) is 1.00. The molecule has 0 amide bonds. The van der Waals surface area contributed by atoms with E-state index in [1.807, 2.05) is 0 Å². The van der Waals surface area contributed by atoms with E-state index < -0.39 is 0 Å². The molecule has 0 saturated carbocycles. The van der Waals surface area contributed by atoms with Crippen LogP contribution in [0.3, 0.4) is 0 Å². The molecule has 0 aromatic carbocycles. The lowest BCUT2D eigenvalue weighted by Gasteiger charge is -2.31. The monoisotopic (exact) mass is 186 g/mol. The van der Waals surface area contributed by atoms with Gasteiger partial charge in [0, 0.05) is 13.2 Å². The molecule has 1 aliphatic rings. The van der Waals surface area contributed by atoms with Crippen LogP contribution in [0.4, 0.5) is 0 Å². The zero-order valence-corrected chi connectivity index (χ0v) is 9.05. The second kappa shape index (κ2) is 4.43. The van der Waals surface area contributed by atoms with Crippen molar-refractivity contribution in [3.05, 3.63) is 0 Å². The lowest BCUT2D eigenvalue weighted by atomic mass is 9.82. The summed E-state index contributed by atoms with van der Waals surface area (Å²) in [7, 11) is 0. The average Bonchev–Trinajstić information content (AvgIpc) is 2.04. The molecule has 0 aromatic rings. The van der Waals surface area contributed by atoms with Crippen molar-refractivity contribution in [1.82, 2.24) is 0 Å². The smallest absolute Gasteiger partial charge is 0.0592 e. The number of aliphatic hydroxyl groups excluding tert-OH is 1. The van der Waals surface area contributed by atoms with Gasteiger partial charge in [-0.25, -0.2) is 0 Å². The molecule has 0 aromatic heterocycles. The molecule has 0 bridgehead atoms. The summed E-state index contributed by atoms with van der Waals surface area (Å²) in [6, 6.07) is 0. The predicted octanol–water partition coefficient (Wildman–Crippen LogP) is 2.21. The van der Waals surface area contributed by atoms with Crippen molar-refractivity contribution in [2.75, 3.05) is 13.2 Å². The van der Waals surface area contributed by atoms with Crippen LogP contribution < -0.4 is 0 Å². The molecule has 1 N–H and O–H groups in total. The van der Waals surface area contributed by atoms with Gasteiger partial charge >= 0.3 is 0 Å². The van der Waals surface area contributed by atoms with Crippen molar-refractivity contribution in [1.29, 1.82) is 0 Å². The molecule has 13 heavy (non-hydrogen) atoms. The van der Waals surface area contributed by atoms with Gasteiger partial charge in [-0.2, -0.15) is 0 Å². The Labute approximate surface area is 81.3 Å². The van der Waals surface area contributed by atoms with Crippen LogP contribution in [0.25, 0.3) is 0 Å². The number of aliphatic hydroxyl groups is 1. The van der Waals surface area contributed by atoms with Crippen LogP contribution in [0.2, 0.25) is 0 Å². The Bertz CT molecular complexity index is 143. The minimum Gasteiger partial charge on any atom is -0.393 e. The molecule has 78 valence electrons. The van der Waals surface area contributed by atoms with E-state index in [4.69, 9.17) is 4.74 Å². The summed E-state index contributed by atoms with van der Waals surface area (Å²) in [5, 5.41) is 9.88. The third-order valence-corrected chi connectivity index (χ3v) is 2.81. The molecular formula is C11H22O2. The van der Waals surface area contributed by atoms with E-state index in [0.29, 0.717) is 5.92 Å². The first kappa shape index (κ1) is 11.0. The van der Waals surface area contributed by atoms with Gasteiger partial charge in [0.2, 0.25) is 0 Å². The molecular weight excluding hydrogens is 164 g/mol. The average molecular weight is 186 g/mol. The van der Waals surface area contributed by atoms with Crippen molar-refractivity contribution >= 4 is 0 Å². The summed E-state index contributed by atoms with van der Waals surface area (Å²) in [4.78, 5) is 0. The SMILES string of the molecule is CC(C)(C)C(O)CC1CCCOC1.